The molecular weight excluding hydrogens is 133 g/mol. The van der Waals surface area contributed by atoms with Crippen LogP contribution in [0.1, 0.15) is 25.7 Å². The van der Waals surface area contributed by atoms with E-state index in [1.54, 1.807) is 0 Å². The zero-order chi connectivity index (χ0) is 6.69. The minimum absolute atomic E-state index is 0.0295. The summed E-state index contributed by atoms with van der Waals surface area (Å²) in [5, 5.41) is 2.87. The first kappa shape index (κ1) is 7.01. The van der Waals surface area contributed by atoms with Crippen molar-refractivity contribution in [2.45, 2.75) is 31.7 Å². The lowest BCUT2D eigenvalue weighted by atomic mass is 10.3. The second-order valence-electron chi connectivity index (χ2n) is 2.49. The molecule has 0 spiro atoms. The van der Waals surface area contributed by atoms with E-state index in [4.69, 9.17) is 0 Å². The van der Waals surface area contributed by atoms with Crippen LogP contribution in [0.15, 0.2) is 0 Å². The lowest BCUT2D eigenvalue weighted by Gasteiger charge is -2.07. The van der Waals surface area contributed by atoms with Crippen molar-refractivity contribution in [3.8, 4) is 0 Å². The Morgan fingerprint density at radius 1 is 1.44 bits per heavy atom. The smallest absolute Gasteiger partial charge is 0.234 e. The van der Waals surface area contributed by atoms with Gasteiger partial charge in [-0.25, -0.2) is 0 Å². The summed E-state index contributed by atoms with van der Waals surface area (Å²) < 4.78 is 0. The quantitative estimate of drug-likeness (QED) is 0.557. The van der Waals surface area contributed by atoms with E-state index in [1.165, 1.54) is 25.7 Å². The molecule has 1 aliphatic rings. The molecule has 0 aromatic rings. The van der Waals surface area contributed by atoms with Gasteiger partial charge in [0.2, 0.25) is 5.65 Å². The first-order valence-corrected chi connectivity index (χ1v) is 3.93. The molecule has 0 saturated heterocycles. The van der Waals surface area contributed by atoms with Crippen LogP contribution in [0.25, 0.3) is 0 Å². The molecule has 9 heavy (non-hydrogen) atoms. The van der Waals surface area contributed by atoms with Gasteiger partial charge in [0.05, 0.1) is 0 Å². The van der Waals surface area contributed by atoms with Crippen molar-refractivity contribution in [2.75, 3.05) is 0 Å². The fourth-order valence-electron chi connectivity index (χ4n) is 1.27. The van der Waals surface area contributed by atoms with Gasteiger partial charge >= 0.3 is 0 Å². The summed E-state index contributed by atoms with van der Waals surface area (Å²) in [5.74, 6) is 0. The summed E-state index contributed by atoms with van der Waals surface area (Å²) >= 11 is 0. The van der Waals surface area contributed by atoms with Gasteiger partial charge in [0, 0.05) is 6.04 Å². The molecule has 1 atom stereocenters. The highest BCUT2D eigenvalue weighted by Crippen LogP contribution is 2.17. The van der Waals surface area contributed by atoms with Crippen molar-refractivity contribution in [3.63, 3.8) is 0 Å². The Kier molecular flexibility index (Phi) is 2.47. The average Bonchev–Trinajstić information content (AvgIpc) is 2.15. The molecule has 1 rings (SSSR count). The number of rotatable bonds is 1. The number of hydrogen-bond donors (Lipinski definition) is 1. The minimum atomic E-state index is 0.0295. The number of carbonyl (C=O) groups is 1. The monoisotopic (exact) mass is 145 g/mol. The van der Waals surface area contributed by atoms with Gasteiger partial charge in [0.15, 0.2) is 0 Å². The molecule has 2 nitrogen and oxygen atoms in total. The van der Waals surface area contributed by atoms with Crippen molar-refractivity contribution in [1.82, 2.24) is 5.32 Å². The van der Waals surface area contributed by atoms with Gasteiger partial charge in [0.25, 0.3) is 0 Å². The molecule has 0 radical (unpaired) electrons. The SMILES string of the molecule is O=C(P)NC1CCCC1. The van der Waals surface area contributed by atoms with E-state index < -0.39 is 0 Å². The fourth-order valence-corrected chi connectivity index (χ4v) is 1.51. The van der Waals surface area contributed by atoms with Crippen molar-refractivity contribution in [2.24, 2.45) is 0 Å². The summed E-state index contributed by atoms with van der Waals surface area (Å²) in [5.41, 5.74) is 0.0295. The Balaban J connectivity index is 2.19. The summed E-state index contributed by atoms with van der Waals surface area (Å²) in [6, 6.07) is 0.468. The molecule has 0 bridgehead atoms. The van der Waals surface area contributed by atoms with Crippen LogP contribution in [0, 0.1) is 0 Å². The first-order valence-electron chi connectivity index (χ1n) is 3.35. The zero-order valence-corrected chi connectivity index (χ0v) is 6.55. The first-order chi connectivity index (χ1) is 4.29. The average molecular weight is 145 g/mol. The van der Waals surface area contributed by atoms with Crippen molar-refractivity contribution < 1.29 is 4.79 Å². The molecular formula is C6H12NOP. The van der Waals surface area contributed by atoms with Crippen LogP contribution in [-0.4, -0.2) is 11.7 Å². The molecule has 0 aliphatic heterocycles. The van der Waals surface area contributed by atoms with E-state index in [0.717, 1.165) is 0 Å². The zero-order valence-electron chi connectivity index (χ0n) is 5.39. The second-order valence-corrected chi connectivity index (χ2v) is 3.01. The molecule has 1 unspecified atom stereocenters. The molecule has 1 amide bonds. The minimum Gasteiger partial charge on any atom is -0.350 e. The molecule has 3 heteroatoms. The maximum absolute atomic E-state index is 10.5. The third-order valence-electron chi connectivity index (χ3n) is 1.70. The van der Waals surface area contributed by atoms with Gasteiger partial charge in [-0.1, -0.05) is 12.8 Å². The van der Waals surface area contributed by atoms with Gasteiger partial charge in [-0.05, 0) is 22.1 Å². The van der Waals surface area contributed by atoms with Gasteiger partial charge in [-0.2, -0.15) is 0 Å². The van der Waals surface area contributed by atoms with Gasteiger partial charge < -0.3 is 5.32 Å². The Morgan fingerprint density at radius 3 is 2.44 bits per heavy atom. The Morgan fingerprint density at radius 2 is 2.00 bits per heavy atom. The van der Waals surface area contributed by atoms with Crippen molar-refractivity contribution in [3.05, 3.63) is 0 Å². The van der Waals surface area contributed by atoms with Crippen LogP contribution in [0.5, 0.6) is 0 Å². The molecule has 1 fully saturated rings. The number of nitrogens with one attached hydrogen (secondary N) is 1. The highest BCUT2D eigenvalue weighted by molar-refractivity contribution is 7.39. The van der Waals surface area contributed by atoms with Gasteiger partial charge in [0.1, 0.15) is 0 Å². The van der Waals surface area contributed by atoms with Gasteiger partial charge in [-0.3, -0.25) is 4.79 Å². The molecule has 1 N–H and O–H groups in total. The van der Waals surface area contributed by atoms with Crippen LogP contribution in [0.3, 0.4) is 0 Å². The van der Waals surface area contributed by atoms with E-state index in [1.807, 2.05) is 0 Å². The van der Waals surface area contributed by atoms with E-state index >= 15 is 0 Å². The Labute approximate surface area is 57.6 Å². The fraction of sp³-hybridized carbons (Fsp3) is 0.833. The lowest BCUT2D eigenvalue weighted by molar-refractivity contribution is 0.257. The standard InChI is InChI=1S/C6H12NOP/c8-6(9)7-5-3-1-2-4-5/h5H,1-4,9H2,(H,7,8). The van der Waals surface area contributed by atoms with Crippen LogP contribution in [0.4, 0.5) is 4.79 Å². The van der Waals surface area contributed by atoms with E-state index in [0.29, 0.717) is 6.04 Å². The highest BCUT2D eigenvalue weighted by Gasteiger charge is 2.14. The second kappa shape index (κ2) is 3.17. The Bertz CT molecular complexity index is 110. The maximum atomic E-state index is 10.5. The molecule has 1 aliphatic carbocycles. The van der Waals surface area contributed by atoms with E-state index in [2.05, 4.69) is 14.6 Å². The number of amides is 1. The third-order valence-corrected chi connectivity index (χ3v) is 1.87. The third kappa shape index (κ3) is 2.31. The van der Waals surface area contributed by atoms with Gasteiger partial charge in [-0.15, -0.1) is 0 Å². The normalized spacial score (nSPS) is 20.1. The van der Waals surface area contributed by atoms with Crippen molar-refractivity contribution >= 4 is 14.9 Å². The maximum Gasteiger partial charge on any atom is 0.234 e. The Hall–Kier alpha value is -0.100. The molecule has 0 heterocycles. The van der Waals surface area contributed by atoms with E-state index in [9.17, 15) is 4.79 Å². The van der Waals surface area contributed by atoms with Crippen LogP contribution in [-0.2, 0) is 0 Å². The summed E-state index contributed by atoms with van der Waals surface area (Å²) in [6.45, 7) is 0. The summed E-state index contributed by atoms with van der Waals surface area (Å²) in [4.78, 5) is 10.5. The van der Waals surface area contributed by atoms with Crippen LogP contribution >= 0.6 is 9.24 Å². The number of carbonyl (C=O) groups excluding carboxylic acids is 1. The predicted octanol–water partition coefficient (Wildman–Crippen LogP) is 1.51. The predicted molar refractivity (Wildman–Crippen MR) is 40.5 cm³/mol. The van der Waals surface area contributed by atoms with Crippen molar-refractivity contribution in [1.29, 1.82) is 0 Å². The molecule has 1 saturated carbocycles. The molecule has 52 valence electrons. The van der Waals surface area contributed by atoms with Crippen LogP contribution < -0.4 is 5.32 Å². The van der Waals surface area contributed by atoms with Crippen LogP contribution in [0.2, 0.25) is 0 Å². The molecule has 0 aromatic carbocycles. The number of hydrogen-bond acceptors (Lipinski definition) is 1. The van der Waals surface area contributed by atoms with E-state index in [-0.39, 0.29) is 5.65 Å². The topological polar surface area (TPSA) is 29.1 Å². The summed E-state index contributed by atoms with van der Waals surface area (Å²) in [6.07, 6.45) is 4.88. The lowest BCUT2D eigenvalue weighted by Crippen LogP contribution is -2.27. The largest absolute Gasteiger partial charge is 0.350 e. The molecule has 0 aromatic heterocycles. The summed E-state index contributed by atoms with van der Waals surface area (Å²) in [7, 11) is 2.14. The highest BCUT2D eigenvalue weighted by atomic mass is 31.0.